The second-order valence-corrected chi connectivity index (χ2v) is 9.63. The summed E-state index contributed by atoms with van der Waals surface area (Å²) in [5.41, 5.74) is 1.37. The average Bonchev–Trinajstić information content (AvgIpc) is 2.91. The summed E-state index contributed by atoms with van der Waals surface area (Å²) < 4.78 is 2.29. The first-order valence-corrected chi connectivity index (χ1v) is 12.7. The monoisotopic (exact) mass is 532 g/mol. The zero-order valence-electron chi connectivity index (χ0n) is 21.5. The van der Waals surface area contributed by atoms with Gasteiger partial charge in [-0.3, -0.25) is 19.0 Å². The molecule has 0 aliphatic rings. The van der Waals surface area contributed by atoms with E-state index < -0.39 is 17.2 Å². The Balaban J connectivity index is 1.80. The van der Waals surface area contributed by atoms with Crippen LogP contribution >= 0.6 is 11.6 Å². The molecule has 0 bridgehead atoms. The third kappa shape index (κ3) is 5.70. The molecule has 1 atom stereocenters. The molecule has 3 aromatic carbocycles. The maximum atomic E-state index is 13.6. The number of benzene rings is 3. The number of hydrogen-bond donors (Lipinski definition) is 2. The minimum Gasteiger partial charge on any atom is -0.352 e. The quantitative estimate of drug-likeness (QED) is 0.358. The smallest absolute Gasteiger partial charge is 0.336 e. The van der Waals surface area contributed by atoms with Gasteiger partial charge in [0.25, 0.3) is 11.5 Å². The molecule has 2 N–H and O–H groups in total. The molecule has 8 nitrogen and oxygen atoms in total. The largest absolute Gasteiger partial charge is 0.352 e. The van der Waals surface area contributed by atoms with E-state index in [-0.39, 0.29) is 41.5 Å². The number of nitrogens with zero attached hydrogens (tertiary/aromatic N) is 2. The lowest BCUT2D eigenvalue weighted by Gasteiger charge is -2.17. The minimum absolute atomic E-state index is 0.0846. The molecular weight excluding hydrogens is 504 g/mol. The van der Waals surface area contributed by atoms with Crippen molar-refractivity contribution in [1.82, 2.24) is 19.8 Å². The number of carbonyl (C=O) groups excluding carboxylic acids is 2. The first kappa shape index (κ1) is 26.9. The molecule has 0 saturated heterocycles. The van der Waals surface area contributed by atoms with Crippen LogP contribution in [0.1, 0.15) is 41.8 Å². The van der Waals surface area contributed by atoms with Crippen molar-refractivity contribution in [2.24, 2.45) is 0 Å². The summed E-state index contributed by atoms with van der Waals surface area (Å²) in [5.74, 6) is -0.775. The number of rotatable bonds is 8. The molecule has 1 heterocycles. The maximum absolute atomic E-state index is 13.6. The Morgan fingerprint density at radius 1 is 1.00 bits per heavy atom. The van der Waals surface area contributed by atoms with Crippen molar-refractivity contribution < 1.29 is 9.59 Å². The molecule has 0 saturated carbocycles. The molecule has 38 heavy (non-hydrogen) atoms. The van der Waals surface area contributed by atoms with Crippen LogP contribution in [0.4, 0.5) is 0 Å². The predicted molar refractivity (Wildman–Crippen MR) is 149 cm³/mol. The highest BCUT2D eigenvalue weighted by Crippen LogP contribution is 2.16. The standard InChI is InChI=1S/C29H29ClN4O4/c1-4-19(3)32-26(35)17-33-25-15-20(27(36)31-16-21-7-5-6-8-24(21)30)11-14-23(25)28(37)34(29(33)38)22-12-9-18(2)10-13-22/h5-15,19H,4,16-17H2,1-3H3,(H,31,36)(H,32,35). The van der Waals surface area contributed by atoms with Crippen LogP contribution in [0, 0.1) is 6.92 Å². The van der Waals surface area contributed by atoms with E-state index in [0.717, 1.165) is 22.1 Å². The van der Waals surface area contributed by atoms with Crippen molar-refractivity contribution in [3.63, 3.8) is 0 Å². The summed E-state index contributed by atoms with van der Waals surface area (Å²) in [6.07, 6.45) is 0.722. The molecule has 9 heteroatoms. The normalized spacial score (nSPS) is 11.8. The van der Waals surface area contributed by atoms with E-state index in [1.165, 1.54) is 22.8 Å². The van der Waals surface area contributed by atoms with Crippen LogP contribution in [0.2, 0.25) is 5.02 Å². The molecule has 4 rings (SSSR count). The van der Waals surface area contributed by atoms with Gasteiger partial charge in [-0.2, -0.15) is 0 Å². The highest BCUT2D eigenvalue weighted by molar-refractivity contribution is 6.31. The van der Waals surface area contributed by atoms with E-state index in [1.807, 2.05) is 32.9 Å². The topological polar surface area (TPSA) is 102 Å². The predicted octanol–water partition coefficient (Wildman–Crippen LogP) is 3.96. The molecule has 0 aliphatic heterocycles. The fourth-order valence-corrected chi connectivity index (χ4v) is 4.27. The Morgan fingerprint density at radius 2 is 1.71 bits per heavy atom. The van der Waals surface area contributed by atoms with Gasteiger partial charge in [0.2, 0.25) is 5.91 Å². The van der Waals surface area contributed by atoms with E-state index in [4.69, 9.17) is 11.6 Å². The van der Waals surface area contributed by atoms with Crippen LogP contribution in [0.3, 0.4) is 0 Å². The number of amides is 2. The first-order valence-electron chi connectivity index (χ1n) is 12.4. The van der Waals surface area contributed by atoms with Gasteiger partial charge < -0.3 is 10.6 Å². The Kier molecular flexibility index (Phi) is 8.12. The summed E-state index contributed by atoms with van der Waals surface area (Å²) in [5, 5.41) is 6.41. The van der Waals surface area contributed by atoms with Gasteiger partial charge in [-0.1, -0.05) is 54.4 Å². The highest BCUT2D eigenvalue weighted by atomic mass is 35.5. The van der Waals surface area contributed by atoms with Crippen molar-refractivity contribution >= 4 is 34.3 Å². The van der Waals surface area contributed by atoms with Crippen LogP contribution in [-0.4, -0.2) is 27.0 Å². The van der Waals surface area contributed by atoms with Crippen LogP contribution < -0.4 is 21.9 Å². The second-order valence-electron chi connectivity index (χ2n) is 9.23. The minimum atomic E-state index is -0.667. The van der Waals surface area contributed by atoms with Crippen molar-refractivity contribution in [2.45, 2.75) is 46.3 Å². The van der Waals surface area contributed by atoms with Gasteiger partial charge in [0.05, 0.1) is 16.6 Å². The second kappa shape index (κ2) is 11.5. The van der Waals surface area contributed by atoms with Gasteiger partial charge in [-0.15, -0.1) is 0 Å². The Bertz CT molecular complexity index is 1620. The van der Waals surface area contributed by atoms with Crippen molar-refractivity contribution in [1.29, 1.82) is 0 Å². The Labute approximate surface area is 224 Å². The lowest BCUT2D eigenvalue weighted by atomic mass is 10.1. The SMILES string of the molecule is CCC(C)NC(=O)Cn1c(=O)n(-c2ccc(C)cc2)c(=O)c2ccc(C(=O)NCc3ccccc3Cl)cc21. The number of hydrogen-bond acceptors (Lipinski definition) is 4. The molecule has 0 fully saturated rings. The number of aromatic nitrogens is 2. The fourth-order valence-electron chi connectivity index (χ4n) is 4.07. The molecular formula is C29H29ClN4O4. The molecule has 1 aromatic heterocycles. The van der Waals surface area contributed by atoms with Crippen molar-refractivity contribution in [3.05, 3.63) is 109 Å². The average molecular weight is 533 g/mol. The highest BCUT2D eigenvalue weighted by Gasteiger charge is 2.19. The van der Waals surface area contributed by atoms with Gasteiger partial charge in [0.15, 0.2) is 0 Å². The lowest BCUT2D eigenvalue weighted by Crippen LogP contribution is -2.43. The Morgan fingerprint density at radius 3 is 2.39 bits per heavy atom. The summed E-state index contributed by atoms with van der Waals surface area (Å²) in [7, 11) is 0. The van der Waals surface area contributed by atoms with Gasteiger partial charge in [-0.25, -0.2) is 9.36 Å². The third-order valence-electron chi connectivity index (χ3n) is 6.42. The molecule has 0 radical (unpaired) electrons. The zero-order valence-corrected chi connectivity index (χ0v) is 22.2. The van der Waals surface area contributed by atoms with E-state index in [2.05, 4.69) is 10.6 Å². The van der Waals surface area contributed by atoms with E-state index in [9.17, 15) is 19.2 Å². The number of carbonyl (C=O) groups is 2. The van der Waals surface area contributed by atoms with E-state index in [1.54, 1.807) is 36.4 Å². The van der Waals surface area contributed by atoms with Crippen LogP contribution in [0.5, 0.6) is 0 Å². The summed E-state index contributed by atoms with van der Waals surface area (Å²) in [4.78, 5) is 52.9. The lowest BCUT2D eigenvalue weighted by molar-refractivity contribution is -0.122. The van der Waals surface area contributed by atoms with E-state index in [0.29, 0.717) is 10.7 Å². The third-order valence-corrected chi connectivity index (χ3v) is 6.79. The zero-order chi connectivity index (χ0) is 27.4. The number of aryl methyl sites for hydroxylation is 1. The van der Waals surface area contributed by atoms with Crippen LogP contribution in [0.25, 0.3) is 16.6 Å². The van der Waals surface area contributed by atoms with Crippen LogP contribution in [0.15, 0.2) is 76.3 Å². The molecule has 0 spiro atoms. The molecule has 0 aliphatic carbocycles. The number of nitrogens with one attached hydrogen (secondary N) is 2. The summed E-state index contributed by atoms with van der Waals surface area (Å²) in [6.45, 7) is 5.61. The Hall–Kier alpha value is -4.17. The van der Waals surface area contributed by atoms with Crippen LogP contribution in [-0.2, 0) is 17.9 Å². The molecule has 2 amide bonds. The first-order chi connectivity index (χ1) is 18.2. The summed E-state index contributed by atoms with van der Waals surface area (Å²) >= 11 is 6.19. The van der Waals surface area contributed by atoms with Gasteiger partial charge >= 0.3 is 5.69 Å². The number of halogens is 1. The van der Waals surface area contributed by atoms with Gasteiger partial charge in [0.1, 0.15) is 6.54 Å². The maximum Gasteiger partial charge on any atom is 0.336 e. The van der Waals surface area contributed by atoms with Crippen molar-refractivity contribution in [2.75, 3.05) is 0 Å². The van der Waals surface area contributed by atoms with E-state index >= 15 is 0 Å². The molecule has 196 valence electrons. The van der Waals surface area contributed by atoms with Gasteiger partial charge in [-0.05, 0) is 62.2 Å². The number of fused-ring (bicyclic) bond motifs is 1. The molecule has 1 unspecified atom stereocenters. The fraction of sp³-hybridized carbons (Fsp3) is 0.241. The summed E-state index contributed by atoms with van der Waals surface area (Å²) in [6, 6.07) is 18.6. The van der Waals surface area contributed by atoms with Gasteiger partial charge in [0, 0.05) is 23.2 Å². The van der Waals surface area contributed by atoms with Crippen molar-refractivity contribution in [3.8, 4) is 5.69 Å². The molecule has 4 aromatic rings.